The van der Waals surface area contributed by atoms with E-state index < -0.39 is 0 Å². The Morgan fingerprint density at radius 2 is 2.60 bits per heavy atom. The van der Waals surface area contributed by atoms with Crippen LogP contribution in [0.5, 0.6) is 0 Å². The summed E-state index contributed by atoms with van der Waals surface area (Å²) in [6, 6.07) is 0. The molecule has 0 saturated carbocycles. The van der Waals surface area contributed by atoms with Crippen molar-refractivity contribution in [2.45, 2.75) is 0 Å². The molecule has 5 heavy (non-hydrogen) atoms. The standard InChI is InChI=1S/C4H5N/c1-3-4-5-2/h1H,2,4H2/p+1. The molecule has 0 aromatic carbocycles. The van der Waals surface area contributed by atoms with E-state index >= 15 is 0 Å². The average Bonchev–Trinajstić information content (AvgIpc) is 1.41. The molecule has 0 fully saturated rings. The van der Waals surface area contributed by atoms with Gasteiger partial charge >= 0.3 is 0 Å². The Morgan fingerprint density at radius 1 is 2.00 bits per heavy atom. The normalized spacial score (nSPS) is 5.40. The van der Waals surface area contributed by atoms with E-state index in [0.717, 1.165) is 0 Å². The van der Waals surface area contributed by atoms with Gasteiger partial charge in [-0.2, -0.15) is 0 Å². The zero-order valence-corrected chi connectivity index (χ0v) is 2.99. The quantitative estimate of drug-likeness (QED) is 0.281. The lowest BCUT2D eigenvalue weighted by molar-refractivity contribution is -0.431. The highest BCUT2D eigenvalue weighted by molar-refractivity contribution is 5.12. The molecule has 0 rings (SSSR count). The van der Waals surface area contributed by atoms with Gasteiger partial charge in [0.25, 0.3) is 0 Å². The second-order valence-electron chi connectivity index (χ2n) is 0.631. The Balaban J connectivity index is 2.75. The minimum absolute atomic E-state index is 0.556. The summed E-state index contributed by atoms with van der Waals surface area (Å²) in [7, 11) is 0. The van der Waals surface area contributed by atoms with Crippen LogP contribution in [0, 0.1) is 12.3 Å². The van der Waals surface area contributed by atoms with E-state index in [1.807, 2.05) is 0 Å². The summed E-state index contributed by atoms with van der Waals surface area (Å²) in [6.07, 6.45) is 4.79. The zero-order chi connectivity index (χ0) is 4.12. The van der Waals surface area contributed by atoms with Crippen molar-refractivity contribution in [1.29, 1.82) is 0 Å². The summed E-state index contributed by atoms with van der Waals surface area (Å²) in [6.45, 7) is 3.84. The molecule has 0 aromatic rings. The molecule has 0 radical (unpaired) electrons. The number of terminal acetylenes is 1. The summed E-state index contributed by atoms with van der Waals surface area (Å²) in [5, 5.41) is 0. The van der Waals surface area contributed by atoms with Crippen LogP contribution in [-0.2, 0) is 0 Å². The lowest BCUT2D eigenvalue weighted by atomic mass is 10.7. The largest absolute Gasteiger partial charge is 0.243 e. The Hall–Kier alpha value is -0.770. The van der Waals surface area contributed by atoms with E-state index in [1.165, 1.54) is 0 Å². The maximum absolute atomic E-state index is 4.79. The van der Waals surface area contributed by atoms with Crippen LogP contribution in [0.15, 0.2) is 0 Å². The van der Waals surface area contributed by atoms with Gasteiger partial charge in [0, 0.05) is 0 Å². The molecule has 0 spiro atoms. The molecule has 0 unspecified atom stereocenters. The van der Waals surface area contributed by atoms with E-state index in [9.17, 15) is 0 Å². The van der Waals surface area contributed by atoms with E-state index in [-0.39, 0.29) is 0 Å². The predicted octanol–water partition coefficient (Wildman–Crippen LogP) is -1.60. The van der Waals surface area contributed by atoms with Crippen LogP contribution in [0.4, 0.5) is 0 Å². The number of nitrogens with one attached hydrogen (secondary N) is 1. The third kappa shape index (κ3) is 3.23. The fourth-order valence-corrected chi connectivity index (χ4v) is 0.0722. The van der Waals surface area contributed by atoms with Crippen LogP contribution in [0.1, 0.15) is 0 Å². The van der Waals surface area contributed by atoms with E-state index in [4.69, 9.17) is 6.42 Å². The van der Waals surface area contributed by atoms with Crippen LogP contribution >= 0.6 is 0 Å². The second kappa shape index (κ2) is 3.23. The minimum Gasteiger partial charge on any atom is -0.243 e. The molecule has 1 nitrogen and oxygen atoms in total. The molecule has 0 aliphatic heterocycles. The molecule has 0 heterocycles. The zero-order valence-electron chi connectivity index (χ0n) is 2.99. The van der Waals surface area contributed by atoms with Crippen LogP contribution in [0.3, 0.4) is 0 Å². The first-order valence-corrected chi connectivity index (χ1v) is 1.35. The van der Waals surface area contributed by atoms with Crippen molar-refractivity contribution in [2.24, 2.45) is 0 Å². The van der Waals surface area contributed by atoms with Crippen molar-refractivity contribution in [3.05, 3.63) is 0 Å². The van der Waals surface area contributed by atoms with Crippen molar-refractivity contribution in [3.8, 4) is 12.3 Å². The molecule has 0 aliphatic carbocycles. The first kappa shape index (κ1) is 4.23. The molecule has 0 saturated heterocycles. The van der Waals surface area contributed by atoms with Crippen LogP contribution in [0.2, 0.25) is 0 Å². The molecule has 0 aromatic heterocycles. The molecular weight excluding hydrogens is 62.1 g/mol. The van der Waals surface area contributed by atoms with E-state index in [0.29, 0.717) is 6.54 Å². The van der Waals surface area contributed by atoms with Crippen molar-refractivity contribution in [3.63, 3.8) is 0 Å². The molecule has 0 bridgehead atoms. The SMILES string of the molecule is C#CC[NH+]=C. The van der Waals surface area contributed by atoms with E-state index in [1.54, 1.807) is 0 Å². The average molecular weight is 68.1 g/mol. The highest BCUT2D eigenvalue weighted by Gasteiger charge is 1.58. The van der Waals surface area contributed by atoms with Crippen molar-refractivity contribution in [1.82, 2.24) is 0 Å². The van der Waals surface area contributed by atoms with Crippen LogP contribution < -0.4 is 4.99 Å². The summed E-state index contributed by atoms with van der Waals surface area (Å²) in [5.41, 5.74) is 0. The lowest BCUT2D eigenvalue weighted by Crippen LogP contribution is -2.65. The van der Waals surface area contributed by atoms with Gasteiger partial charge in [0.15, 0.2) is 0 Å². The third-order valence-corrected chi connectivity index (χ3v) is 0.227. The van der Waals surface area contributed by atoms with E-state index in [2.05, 4.69) is 17.6 Å². The molecule has 0 atom stereocenters. The van der Waals surface area contributed by atoms with Crippen LogP contribution in [-0.4, -0.2) is 13.3 Å². The predicted molar refractivity (Wildman–Crippen MR) is 21.8 cm³/mol. The highest BCUT2D eigenvalue weighted by atomic mass is 14.6. The number of hydrogen-bond acceptors (Lipinski definition) is 0. The Kier molecular flexibility index (Phi) is 2.73. The smallest absolute Gasteiger partial charge is 0.200 e. The maximum atomic E-state index is 4.79. The third-order valence-electron chi connectivity index (χ3n) is 0.227. The van der Waals surface area contributed by atoms with Gasteiger partial charge in [-0.15, -0.1) is 6.42 Å². The topological polar surface area (TPSA) is 14.0 Å². The van der Waals surface area contributed by atoms with Gasteiger partial charge in [-0.25, -0.2) is 4.99 Å². The highest BCUT2D eigenvalue weighted by Crippen LogP contribution is 1.22. The fraction of sp³-hybridized carbons (Fsp3) is 0.250. The van der Waals surface area contributed by atoms with Gasteiger partial charge in [-0.05, 0) is 5.92 Å². The Labute approximate surface area is 31.7 Å². The fourth-order valence-electron chi connectivity index (χ4n) is 0.0722. The molecule has 1 heteroatoms. The second-order valence-corrected chi connectivity index (χ2v) is 0.631. The van der Waals surface area contributed by atoms with Gasteiger partial charge in [0.2, 0.25) is 6.54 Å². The molecule has 0 amide bonds. The van der Waals surface area contributed by atoms with Gasteiger partial charge in [0.1, 0.15) is 6.72 Å². The lowest BCUT2D eigenvalue weighted by Gasteiger charge is -1.56. The van der Waals surface area contributed by atoms with Gasteiger partial charge in [0.05, 0.1) is 0 Å². The first-order chi connectivity index (χ1) is 2.41. The summed E-state index contributed by atoms with van der Waals surface area (Å²) in [5.74, 6) is 2.34. The summed E-state index contributed by atoms with van der Waals surface area (Å²) in [4.78, 5) is 2.53. The Bertz CT molecular complexity index is 58.5. The number of rotatable bonds is 1. The van der Waals surface area contributed by atoms with Gasteiger partial charge in [-0.1, -0.05) is 0 Å². The summed E-state index contributed by atoms with van der Waals surface area (Å²) < 4.78 is 0. The van der Waals surface area contributed by atoms with Crippen LogP contribution in [0.25, 0.3) is 0 Å². The Morgan fingerprint density at radius 3 is 2.60 bits per heavy atom. The molecule has 26 valence electrons. The van der Waals surface area contributed by atoms with Crippen molar-refractivity contribution < 1.29 is 4.99 Å². The monoisotopic (exact) mass is 68.0 g/mol. The van der Waals surface area contributed by atoms with Gasteiger partial charge in [-0.3, -0.25) is 0 Å². The first-order valence-electron chi connectivity index (χ1n) is 1.35. The molecule has 0 aliphatic rings. The molecule has 1 N–H and O–H groups in total. The minimum atomic E-state index is 0.556. The van der Waals surface area contributed by atoms with Crippen molar-refractivity contribution in [2.75, 3.05) is 6.54 Å². The summed E-state index contributed by atoms with van der Waals surface area (Å²) >= 11 is 0. The van der Waals surface area contributed by atoms with Gasteiger partial charge < -0.3 is 0 Å². The maximum Gasteiger partial charge on any atom is 0.200 e. The number of hydrogen-bond donors (Lipinski definition) is 1. The van der Waals surface area contributed by atoms with Crippen molar-refractivity contribution >= 4 is 6.72 Å². The molecular formula is C4H6N+.